The van der Waals surface area contributed by atoms with Crippen LogP contribution in [0.3, 0.4) is 0 Å². The molecule has 3 nitrogen and oxygen atoms in total. The average Bonchev–Trinajstić information content (AvgIpc) is 2.54. The van der Waals surface area contributed by atoms with Crippen molar-refractivity contribution < 1.29 is 4.79 Å². The largest absolute Gasteiger partial charge is 0.328 e. The highest BCUT2D eigenvalue weighted by molar-refractivity contribution is 5.74. The van der Waals surface area contributed by atoms with Crippen molar-refractivity contribution in [3.8, 4) is 0 Å². The van der Waals surface area contributed by atoms with Gasteiger partial charge in [-0.05, 0) is 18.1 Å². The van der Waals surface area contributed by atoms with E-state index in [1.807, 2.05) is 55.3 Å². The normalized spacial score (nSPS) is 10.2. The predicted molar refractivity (Wildman–Crippen MR) is 85.8 cm³/mol. The maximum absolute atomic E-state index is 12.5. The Morgan fingerprint density at radius 1 is 0.857 bits per heavy atom. The number of carbonyl (C=O) groups excluding carboxylic acids is 1. The van der Waals surface area contributed by atoms with Crippen molar-refractivity contribution in [3.63, 3.8) is 0 Å². The maximum atomic E-state index is 12.5. The molecule has 0 aliphatic rings. The molecule has 0 bridgehead atoms. The van der Waals surface area contributed by atoms with E-state index in [9.17, 15) is 4.79 Å². The molecule has 0 aromatic heterocycles. The number of rotatable bonds is 5. The molecule has 0 N–H and O–H groups in total. The second kappa shape index (κ2) is 7.48. The summed E-state index contributed by atoms with van der Waals surface area (Å²) in [5.74, 6) is 0. The van der Waals surface area contributed by atoms with E-state index in [1.54, 1.807) is 4.90 Å². The topological polar surface area (TPSA) is 23.6 Å². The van der Waals surface area contributed by atoms with Gasteiger partial charge in [-0.25, -0.2) is 4.79 Å². The number of benzene rings is 2. The molecule has 0 atom stereocenters. The van der Waals surface area contributed by atoms with Gasteiger partial charge in [-0.2, -0.15) is 0 Å². The number of urea groups is 1. The van der Waals surface area contributed by atoms with Crippen molar-refractivity contribution in [1.29, 1.82) is 0 Å². The fourth-order valence-corrected chi connectivity index (χ4v) is 2.18. The van der Waals surface area contributed by atoms with Gasteiger partial charge in [0.15, 0.2) is 0 Å². The second-order valence-electron chi connectivity index (χ2n) is 5.12. The van der Waals surface area contributed by atoms with Crippen molar-refractivity contribution in [2.75, 3.05) is 13.6 Å². The van der Waals surface area contributed by atoms with E-state index < -0.39 is 0 Å². The molecule has 0 spiro atoms. The minimum absolute atomic E-state index is 0.0604. The fourth-order valence-electron chi connectivity index (χ4n) is 2.18. The molecule has 0 heterocycles. The van der Waals surface area contributed by atoms with Crippen LogP contribution in [-0.2, 0) is 13.1 Å². The minimum atomic E-state index is 0.0604. The molecule has 3 heteroatoms. The Hall–Kier alpha value is -2.29. The Balaban J connectivity index is 2.16. The van der Waals surface area contributed by atoms with Gasteiger partial charge in [0.05, 0.1) is 0 Å². The van der Waals surface area contributed by atoms with Gasteiger partial charge in [0.1, 0.15) is 0 Å². The lowest BCUT2D eigenvalue weighted by atomic mass is 10.2. The zero-order valence-electron chi connectivity index (χ0n) is 12.7. The molecule has 0 radical (unpaired) electrons. The van der Waals surface area contributed by atoms with Crippen molar-refractivity contribution in [3.05, 3.63) is 71.8 Å². The molecule has 0 saturated carbocycles. The van der Waals surface area contributed by atoms with Crippen LogP contribution >= 0.6 is 0 Å². The standard InChI is InChI=1S/C18H22N2O/c1-3-19(2)18(21)20(14-16-10-6-4-7-11-16)15-17-12-8-5-9-13-17/h4-13H,3,14-15H2,1-2H3. The molecular formula is C18H22N2O. The lowest BCUT2D eigenvalue weighted by Crippen LogP contribution is -2.40. The summed E-state index contributed by atoms with van der Waals surface area (Å²) in [6, 6.07) is 20.3. The Bertz CT molecular complexity index is 512. The third kappa shape index (κ3) is 4.35. The van der Waals surface area contributed by atoms with Gasteiger partial charge in [0.25, 0.3) is 0 Å². The monoisotopic (exact) mass is 282 g/mol. The van der Waals surface area contributed by atoms with Gasteiger partial charge in [-0.15, -0.1) is 0 Å². The van der Waals surface area contributed by atoms with Gasteiger partial charge >= 0.3 is 6.03 Å². The van der Waals surface area contributed by atoms with Crippen LogP contribution in [0.15, 0.2) is 60.7 Å². The first-order valence-corrected chi connectivity index (χ1v) is 7.28. The van der Waals surface area contributed by atoms with Gasteiger partial charge in [-0.3, -0.25) is 0 Å². The fraction of sp³-hybridized carbons (Fsp3) is 0.278. The van der Waals surface area contributed by atoms with Gasteiger partial charge in [-0.1, -0.05) is 60.7 Å². The maximum Gasteiger partial charge on any atom is 0.320 e. The Morgan fingerprint density at radius 2 is 1.29 bits per heavy atom. The number of hydrogen-bond acceptors (Lipinski definition) is 1. The average molecular weight is 282 g/mol. The molecule has 0 saturated heterocycles. The first kappa shape index (κ1) is 15.1. The van der Waals surface area contributed by atoms with Crippen LogP contribution in [-0.4, -0.2) is 29.4 Å². The molecular weight excluding hydrogens is 260 g/mol. The van der Waals surface area contributed by atoms with E-state index in [4.69, 9.17) is 0 Å². The molecule has 2 aromatic carbocycles. The minimum Gasteiger partial charge on any atom is -0.328 e. The molecule has 110 valence electrons. The molecule has 0 fully saturated rings. The lowest BCUT2D eigenvalue weighted by molar-refractivity contribution is 0.159. The lowest BCUT2D eigenvalue weighted by Gasteiger charge is -2.28. The van der Waals surface area contributed by atoms with Crippen molar-refractivity contribution in [2.24, 2.45) is 0 Å². The second-order valence-corrected chi connectivity index (χ2v) is 5.12. The van der Waals surface area contributed by atoms with Crippen LogP contribution in [0.5, 0.6) is 0 Å². The molecule has 0 unspecified atom stereocenters. The number of carbonyl (C=O) groups is 1. The van der Waals surface area contributed by atoms with E-state index in [0.29, 0.717) is 19.6 Å². The van der Waals surface area contributed by atoms with Gasteiger partial charge in [0, 0.05) is 26.7 Å². The molecule has 2 amide bonds. The van der Waals surface area contributed by atoms with Crippen molar-refractivity contribution in [2.45, 2.75) is 20.0 Å². The highest BCUT2D eigenvalue weighted by atomic mass is 16.2. The number of amides is 2. The third-order valence-corrected chi connectivity index (χ3v) is 3.50. The van der Waals surface area contributed by atoms with Gasteiger partial charge in [0.2, 0.25) is 0 Å². The zero-order chi connectivity index (χ0) is 15.1. The first-order valence-electron chi connectivity index (χ1n) is 7.28. The van der Waals surface area contributed by atoms with E-state index in [1.165, 1.54) is 0 Å². The van der Waals surface area contributed by atoms with Crippen LogP contribution < -0.4 is 0 Å². The zero-order valence-corrected chi connectivity index (χ0v) is 12.7. The first-order chi connectivity index (χ1) is 10.2. The van der Waals surface area contributed by atoms with E-state index >= 15 is 0 Å². The Morgan fingerprint density at radius 3 is 1.67 bits per heavy atom. The molecule has 2 rings (SSSR count). The predicted octanol–water partition coefficient (Wildman–Crippen LogP) is 3.76. The highest BCUT2D eigenvalue weighted by Crippen LogP contribution is 2.12. The van der Waals surface area contributed by atoms with Crippen LogP contribution in [0, 0.1) is 0 Å². The van der Waals surface area contributed by atoms with Crippen molar-refractivity contribution >= 4 is 6.03 Å². The molecule has 0 aliphatic heterocycles. The summed E-state index contributed by atoms with van der Waals surface area (Å²) in [6.07, 6.45) is 0. The smallest absolute Gasteiger partial charge is 0.320 e. The van der Waals surface area contributed by atoms with Crippen LogP contribution in [0.4, 0.5) is 4.79 Å². The molecule has 0 aliphatic carbocycles. The van der Waals surface area contributed by atoms with Crippen molar-refractivity contribution in [1.82, 2.24) is 9.80 Å². The van der Waals surface area contributed by atoms with E-state index in [-0.39, 0.29) is 6.03 Å². The Labute approximate surface area is 126 Å². The third-order valence-electron chi connectivity index (χ3n) is 3.50. The summed E-state index contributed by atoms with van der Waals surface area (Å²) in [7, 11) is 1.84. The van der Waals surface area contributed by atoms with E-state index in [2.05, 4.69) is 24.3 Å². The summed E-state index contributed by atoms with van der Waals surface area (Å²) in [4.78, 5) is 16.2. The summed E-state index contributed by atoms with van der Waals surface area (Å²) in [6.45, 7) is 3.94. The summed E-state index contributed by atoms with van der Waals surface area (Å²) >= 11 is 0. The quantitative estimate of drug-likeness (QED) is 0.819. The Kier molecular flexibility index (Phi) is 5.38. The SMILES string of the molecule is CCN(C)C(=O)N(Cc1ccccc1)Cc1ccccc1. The van der Waals surface area contributed by atoms with Gasteiger partial charge < -0.3 is 9.80 Å². The number of hydrogen-bond donors (Lipinski definition) is 0. The molecule has 21 heavy (non-hydrogen) atoms. The molecule has 2 aromatic rings. The summed E-state index contributed by atoms with van der Waals surface area (Å²) < 4.78 is 0. The van der Waals surface area contributed by atoms with E-state index in [0.717, 1.165) is 11.1 Å². The van der Waals surface area contributed by atoms with Crippen LogP contribution in [0.2, 0.25) is 0 Å². The highest BCUT2D eigenvalue weighted by Gasteiger charge is 2.17. The summed E-state index contributed by atoms with van der Waals surface area (Å²) in [5, 5.41) is 0. The van der Waals surface area contributed by atoms with Crippen LogP contribution in [0.25, 0.3) is 0 Å². The van der Waals surface area contributed by atoms with Crippen LogP contribution in [0.1, 0.15) is 18.1 Å². The summed E-state index contributed by atoms with van der Waals surface area (Å²) in [5.41, 5.74) is 2.29. The number of nitrogens with zero attached hydrogens (tertiary/aromatic N) is 2.